The summed E-state index contributed by atoms with van der Waals surface area (Å²) in [4.78, 5) is 23.2. The van der Waals surface area contributed by atoms with Crippen LogP contribution in [0.5, 0.6) is 0 Å². The van der Waals surface area contributed by atoms with Crippen LogP contribution in [0.3, 0.4) is 0 Å². The van der Waals surface area contributed by atoms with E-state index in [4.69, 9.17) is 9.52 Å². The number of amides is 2. The molecule has 20 heavy (non-hydrogen) atoms. The molecule has 0 aliphatic rings. The molecule has 0 aliphatic carbocycles. The summed E-state index contributed by atoms with van der Waals surface area (Å²) in [5.41, 5.74) is -0.180. The van der Waals surface area contributed by atoms with Crippen LogP contribution in [0.4, 0.5) is 0 Å². The second-order valence-electron chi connectivity index (χ2n) is 5.20. The lowest BCUT2D eigenvalue weighted by molar-refractivity contribution is -0.120. The number of hydrogen-bond acceptors (Lipinski definition) is 4. The maximum absolute atomic E-state index is 11.6. The van der Waals surface area contributed by atoms with Crippen molar-refractivity contribution in [2.24, 2.45) is 5.41 Å². The molecule has 1 heterocycles. The summed E-state index contributed by atoms with van der Waals surface area (Å²) >= 11 is 3.10. The number of carbonyl (C=O) groups is 2. The van der Waals surface area contributed by atoms with Crippen LogP contribution in [0.1, 0.15) is 30.8 Å². The first kappa shape index (κ1) is 16.7. The van der Waals surface area contributed by atoms with Gasteiger partial charge in [-0.1, -0.05) is 13.8 Å². The smallest absolute Gasteiger partial charge is 0.287 e. The van der Waals surface area contributed by atoms with E-state index in [9.17, 15) is 9.59 Å². The van der Waals surface area contributed by atoms with Gasteiger partial charge in [0.1, 0.15) is 0 Å². The molecule has 0 aromatic carbocycles. The van der Waals surface area contributed by atoms with Crippen molar-refractivity contribution >= 4 is 27.7 Å². The van der Waals surface area contributed by atoms with Crippen molar-refractivity contribution in [1.82, 2.24) is 10.6 Å². The predicted octanol–water partition coefficient (Wildman–Crippen LogP) is 1.30. The molecule has 0 saturated carbocycles. The third-order valence-electron chi connectivity index (χ3n) is 2.76. The van der Waals surface area contributed by atoms with E-state index in [0.29, 0.717) is 17.6 Å². The topological polar surface area (TPSA) is 91.6 Å². The normalized spacial score (nSPS) is 11.2. The third kappa shape index (κ3) is 5.75. The molecule has 0 saturated heterocycles. The Morgan fingerprint density at radius 3 is 2.60 bits per heavy atom. The summed E-state index contributed by atoms with van der Waals surface area (Å²) in [7, 11) is 0. The van der Waals surface area contributed by atoms with Crippen molar-refractivity contribution in [3.63, 3.8) is 0 Å². The van der Waals surface area contributed by atoms with Gasteiger partial charge >= 0.3 is 0 Å². The summed E-state index contributed by atoms with van der Waals surface area (Å²) in [6.45, 7) is 4.29. The van der Waals surface area contributed by atoms with Crippen molar-refractivity contribution in [3.8, 4) is 0 Å². The third-order valence-corrected chi connectivity index (χ3v) is 3.19. The molecule has 0 aliphatic heterocycles. The lowest BCUT2D eigenvalue weighted by atomic mass is 9.90. The highest BCUT2D eigenvalue weighted by Gasteiger charge is 2.18. The average molecular weight is 347 g/mol. The maximum atomic E-state index is 11.6. The molecule has 7 heteroatoms. The Bertz CT molecular complexity index is 471. The lowest BCUT2D eigenvalue weighted by Gasteiger charge is -2.23. The van der Waals surface area contributed by atoms with Crippen LogP contribution in [0.15, 0.2) is 21.2 Å². The van der Waals surface area contributed by atoms with Gasteiger partial charge in [0.05, 0.1) is 6.54 Å². The van der Waals surface area contributed by atoms with Gasteiger partial charge in [-0.05, 0) is 39.9 Å². The van der Waals surface area contributed by atoms with Gasteiger partial charge in [0.25, 0.3) is 5.91 Å². The minimum Gasteiger partial charge on any atom is -0.444 e. The second-order valence-corrected chi connectivity index (χ2v) is 5.98. The van der Waals surface area contributed by atoms with Crippen LogP contribution in [-0.2, 0) is 4.79 Å². The Balaban J connectivity index is 2.31. The highest BCUT2D eigenvalue weighted by atomic mass is 79.9. The fourth-order valence-electron chi connectivity index (χ4n) is 1.48. The number of halogens is 1. The number of hydrogen-bond donors (Lipinski definition) is 3. The Hall–Kier alpha value is -1.34. The zero-order valence-electron chi connectivity index (χ0n) is 11.5. The molecule has 1 aromatic rings. The molecule has 0 unspecified atom stereocenters. The Morgan fingerprint density at radius 1 is 1.35 bits per heavy atom. The van der Waals surface area contributed by atoms with Gasteiger partial charge in [0, 0.05) is 13.2 Å². The highest BCUT2D eigenvalue weighted by Crippen LogP contribution is 2.17. The van der Waals surface area contributed by atoms with E-state index in [1.54, 1.807) is 6.07 Å². The molecule has 6 nitrogen and oxygen atoms in total. The zero-order chi connectivity index (χ0) is 15.2. The van der Waals surface area contributed by atoms with Gasteiger partial charge in [0.15, 0.2) is 10.4 Å². The first-order chi connectivity index (χ1) is 9.34. The van der Waals surface area contributed by atoms with Gasteiger partial charge in [0.2, 0.25) is 5.91 Å². The second kappa shape index (κ2) is 7.44. The molecule has 1 aromatic heterocycles. The highest BCUT2D eigenvalue weighted by molar-refractivity contribution is 9.10. The van der Waals surface area contributed by atoms with Crippen molar-refractivity contribution in [2.75, 3.05) is 19.7 Å². The van der Waals surface area contributed by atoms with E-state index in [0.717, 1.165) is 0 Å². The number of nitrogens with one attached hydrogen (secondary N) is 2. The first-order valence-electron chi connectivity index (χ1n) is 6.25. The molecule has 0 bridgehead atoms. The molecular formula is C13H19BrN2O4. The fourth-order valence-corrected chi connectivity index (χ4v) is 1.78. The van der Waals surface area contributed by atoms with E-state index in [1.165, 1.54) is 6.07 Å². The van der Waals surface area contributed by atoms with Crippen LogP contribution >= 0.6 is 15.9 Å². The summed E-state index contributed by atoms with van der Waals surface area (Å²) in [6.07, 6.45) is 0.597. The molecule has 112 valence electrons. The van der Waals surface area contributed by atoms with Crippen molar-refractivity contribution in [1.29, 1.82) is 0 Å². The Labute approximate surface area is 126 Å². The van der Waals surface area contributed by atoms with Crippen LogP contribution in [0, 0.1) is 5.41 Å². The Kier molecular flexibility index (Phi) is 6.22. The summed E-state index contributed by atoms with van der Waals surface area (Å²) in [5, 5.41) is 14.1. The molecule has 0 fully saturated rings. The van der Waals surface area contributed by atoms with E-state index in [-0.39, 0.29) is 30.2 Å². The predicted molar refractivity (Wildman–Crippen MR) is 77.2 cm³/mol. The quantitative estimate of drug-likeness (QED) is 0.693. The van der Waals surface area contributed by atoms with Crippen LogP contribution in [0.25, 0.3) is 0 Å². The van der Waals surface area contributed by atoms with Crippen molar-refractivity contribution in [3.05, 3.63) is 22.6 Å². The summed E-state index contributed by atoms with van der Waals surface area (Å²) < 4.78 is 5.53. The van der Waals surface area contributed by atoms with Gasteiger partial charge < -0.3 is 20.2 Å². The maximum Gasteiger partial charge on any atom is 0.287 e. The summed E-state index contributed by atoms with van der Waals surface area (Å²) in [6, 6.07) is 3.12. The molecule has 3 N–H and O–H groups in total. The van der Waals surface area contributed by atoms with Gasteiger partial charge in [-0.15, -0.1) is 0 Å². The largest absolute Gasteiger partial charge is 0.444 e. The minimum atomic E-state index is -0.444. The van der Waals surface area contributed by atoms with Crippen molar-refractivity contribution < 1.29 is 19.1 Å². The number of aliphatic hydroxyl groups excluding tert-OH is 1. The van der Waals surface area contributed by atoms with Crippen LogP contribution in [0.2, 0.25) is 0 Å². The van der Waals surface area contributed by atoms with Crippen molar-refractivity contribution in [2.45, 2.75) is 20.3 Å². The van der Waals surface area contributed by atoms with E-state index < -0.39 is 5.91 Å². The van der Waals surface area contributed by atoms with E-state index in [1.807, 2.05) is 13.8 Å². The first-order valence-corrected chi connectivity index (χ1v) is 7.04. The number of furan rings is 1. The number of carbonyl (C=O) groups excluding carboxylic acids is 2. The fraction of sp³-hybridized carbons (Fsp3) is 0.538. The Morgan fingerprint density at radius 2 is 2.05 bits per heavy atom. The molecule has 2 amide bonds. The van der Waals surface area contributed by atoms with E-state index in [2.05, 4.69) is 26.6 Å². The molecule has 0 atom stereocenters. The zero-order valence-corrected chi connectivity index (χ0v) is 13.1. The monoisotopic (exact) mass is 346 g/mol. The molecule has 0 spiro atoms. The average Bonchev–Trinajstić information content (AvgIpc) is 2.80. The van der Waals surface area contributed by atoms with Gasteiger partial charge in [-0.2, -0.15) is 0 Å². The molecule has 1 rings (SSSR count). The van der Waals surface area contributed by atoms with Crippen LogP contribution in [-0.4, -0.2) is 36.6 Å². The van der Waals surface area contributed by atoms with E-state index >= 15 is 0 Å². The minimum absolute atomic E-state index is 0.0764. The molecule has 0 radical (unpaired) electrons. The van der Waals surface area contributed by atoms with Gasteiger partial charge in [-0.3, -0.25) is 9.59 Å². The standard InChI is InChI=1S/C13H19BrN2O4/c1-13(2,5-6-17)8-16-11(18)7-15-12(19)9-3-4-10(14)20-9/h3-4,17H,5-8H2,1-2H3,(H,15,19)(H,16,18). The van der Waals surface area contributed by atoms with Crippen LogP contribution < -0.4 is 10.6 Å². The SMILES string of the molecule is CC(C)(CCO)CNC(=O)CNC(=O)c1ccc(Br)o1. The lowest BCUT2D eigenvalue weighted by Crippen LogP contribution is -2.41. The van der Waals surface area contributed by atoms with Gasteiger partial charge in [-0.25, -0.2) is 0 Å². The summed E-state index contributed by atoms with van der Waals surface area (Å²) in [5.74, 6) is -0.583. The molecular weight excluding hydrogens is 328 g/mol. The number of aliphatic hydroxyl groups is 1. The number of rotatable bonds is 7.